The molecule has 0 radical (unpaired) electrons. The molecule has 1 amide bonds. The average molecular weight is 594 g/mol. The molecule has 3 N–H and O–H groups in total. The number of aromatic amines is 1. The highest BCUT2D eigenvalue weighted by Crippen LogP contribution is 2.39. The Balaban J connectivity index is 1.37. The minimum absolute atomic E-state index is 0.168. The van der Waals surface area contributed by atoms with E-state index in [2.05, 4.69) is 25.6 Å². The second-order valence-electron chi connectivity index (χ2n) is 11.0. The fourth-order valence-corrected chi connectivity index (χ4v) is 5.18. The summed E-state index contributed by atoms with van der Waals surface area (Å²) in [4.78, 5) is 35.1. The summed E-state index contributed by atoms with van der Waals surface area (Å²) in [5, 5.41) is 6.43. The first-order valence-corrected chi connectivity index (χ1v) is 14.3. The molecule has 1 aliphatic rings. The average Bonchev–Trinajstić information content (AvgIpc) is 3.49. The number of halogens is 1. The van der Waals surface area contributed by atoms with Crippen molar-refractivity contribution < 1.29 is 18.7 Å². The van der Waals surface area contributed by atoms with Crippen molar-refractivity contribution in [1.82, 2.24) is 30.2 Å². The summed E-state index contributed by atoms with van der Waals surface area (Å²) in [6.07, 6.45) is 5.35. The third-order valence-electron chi connectivity index (χ3n) is 7.44. The third kappa shape index (κ3) is 6.80. The minimum atomic E-state index is -0.637. The quantitative estimate of drug-likeness (QED) is 0.204. The monoisotopic (exact) mass is 593 g/mol. The second-order valence-corrected chi connectivity index (χ2v) is 11.0. The molecule has 44 heavy (non-hydrogen) atoms. The van der Waals surface area contributed by atoms with Crippen LogP contribution in [0.3, 0.4) is 0 Å². The van der Waals surface area contributed by atoms with E-state index in [4.69, 9.17) is 19.4 Å². The topological polar surface area (TPSA) is 127 Å². The number of anilines is 1. The molecule has 0 bridgehead atoms. The maximum Gasteiger partial charge on any atom is 0.225 e. The van der Waals surface area contributed by atoms with Gasteiger partial charge in [-0.3, -0.25) is 9.78 Å². The lowest BCUT2D eigenvalue weighted by Gasteiger charge is -2.39. The number of nitrogens with one attached hydrogen (secondary N) is 3. The number of nitrogens with zero attached hydrogens (tertiary/aromatic N) is 4. The minimum Gasteiger partial charge on any atom is -0.355 e. The van der Waals surface area contributed by atoms with Gasteiger partial charge >= 0.3 is 0 Å². The number of pyridine rings is 1. The molecule has 4 heterocycles. The van der Waals surface area contributed by atoms with E-state index in [1.807, 2.05) is 49.4 Å². The molecule has 2 aromatic carbocycles. The molecule has 1 fully saturated rings. The fourth-order valence-electron chi connectivity index (χ4n) is 5.18. The van der Waals surface area contributed by atoms with Gasteiger partial charge in [0.25, 0.3) is 0 Å². The van der Waals surface area contributed by atoms with E-state index < -0.39 is 11.5 Å². The Bertz CT molecular complexity index is 1690. The van der Waals surface area contributed by atoms with Crippen LogP contribution in [0.1, 0.15) is 29.9 Å². The van der Waals surface area contributed by atoms with Gasteiger partial charge in [-0.15, -0.1) is 0 Å². The van der Waals surface area contributed by atoms with E-state index in [1.54, 1.807) is 36.8 Å². The largest absolute Gasteiger partial charge is 0.355 e. The zero-order valence-electron chi connectivity index (χ0n) is 24.2. The van der Waals surface area contributed by atoms with Crippen LogP contribution in [0.15, 0.2) is 91.4 Å². The van der Waals surface area contributed by atoms with Gasteiger partial charge in [0.2, 0.25) is 11.9 Å². The van der Waals surface area contributed by atoms with E-state index >= 15 is 0 Å². The molecular formula is C33H32FN7O3. The van der Waals surface area contributed by atoms with Gasteiger partial charge in [-0.1, -0.05) is 43.3 Å². The normalized spacial score (nSPS) is 15.0. The lowest BCUT2D eigenvalue weighted by Crippen LogP contribution is -2.48. The Hall–Kier alpha value is -5.00. The van der Waals surface area contributed by atoms with Crippen molar-refractivity contribution in [2.45, 2.75) is 25.9 Å². The van der Waals surface area contributed by atoms with Crippen molar-refractivity contribution in [2.24, 2.45) is 5.41 Å². The van der Waals surface area contributed by atoms with E-state index in [-0.39, 0.29) is 24.9 Å². The van der Waals surface area contributed by atoms with Gasteiger partial charge in [-0.2, -0.15) is 0 Å². The number of aromatic nitrogens is 5. The number of ether oxygens (including phenoxy) is 2. The van der Waals surface area contributed by atoms with Crippen molar-refractivity contribution in [3.05, 3.63) is 114 Å². The highest BCUT2D eigenvalue weighted by molar-refractivity contribution is 5.80. The van der Waals surface area contributed by atoms with Gasteiger partial charge in [0.05, 0.1) is 42.8 Å². The molecule has 0 saturated carbocycles. The number of carbonyl (C=O) groups excluding carboxylic acids is 1. The van der Waals surface area contributed by atoms with E-state index in [1.165, 1.54) is 12.1 Å². The van der Waals surface area contributed by atoms with Crippen LogP contribution in [-0.2, 0) is 27.2 Å². The van der Waals surface area contributed by atoms with Crippen molar-refractivity contribution in [3.8, 4) is 22.6 Å². The number of carbonyl (C=O) groups is 1. The van der Waals surface area contributed by atoms with Crippen LogP contribution in [-0.4, -0.2) is 50.8 Å². The number of hydrogen-bond donors (Lipinski definition) is 3. The number of rotatable bonds is 10. The summed E-state index contributed by atoms with van der Waals surface area (Å²) in [6, 6.07) is 20.7. The Morgan fingerprint density at radius 2 is 1.75 bits per heavy atom. The molecule has 10 nitrogen and oxygen atoms in total. The first-order chi connectivity index (χ1) is 21.5. The van der Waals surface area contributed by atoms with Crippen LogP contribution in [0, 0.1) is 11.2 Å². The molecule has 1 saturated heterocycles. The van der Waals surface area contributed by atoms with Gasteiger partial charge in [-0.25, -0.2) is 19.3 Å². The Morgan fingerprint density at radius 1 is 0.977 bits per heavy atom. The first-order valence-electron chi connectivity index (χ1n) is 14.3. The van der Waals surface area contributed by atoms with Gasteiger partial charge < -0.3 is 25.1 Å². The molecule has 224 valence electrons. The van der Waals surface area contributed by atoms with E-state index in [0.717, 1.165) is 11.1 Å². The Morgan fingerprint density at radius 3 is 2.50 bits per heavy atom. The molecule has 3 aromatic heterocycles. The molecular weight excluding hydrogens is 561 g/mol. The lowest BCUT2D eigenvalue weighted by atomic mass is 9.82. The predicted molar refractivity (Wildman–Crippen MR) is 162 cm³/mol. The predicted octanol–water partition coefficient (Wildman–Crippen LogP) is 5.09. The first kappa shape index (κ1) is 29.1. The summed E-state index contributed by atoms with van der Waals surface area (Å²) >= 11 is 0. The molecule has 11 heteroatoms. The maximum atomic E-state index is 13.9. The van der Waals surface area contributed by atoms with Gasteiger partial charge in [0.15, 0.2) is 0 Å². The number of imidazole rings is 1. The van der Waals surface area contributed by atoms with Gasteiger partial charge in [0.1, 0.15) is 18.4 Å². The molecule has 1 unspecified atom stereocenters. The Kier molecular flexibility index (Phi) is 8.67. The van der Waals surface area contributed by atoms with Crippen LogP contribution in [0.2, 0.25) is 0 Å². The highest BCUT2D eigenvalue weighted by Gasteiger charge is 2.41. The van der Waals surface area contributed by atoms with Crippen LogP contribution in [0.25, 0.3) is 22.6 Å². The van der Waals surface area contributed by atoms with Gasteiger partial charge in [-0.05, 0) is 47.5 Å². The van der Waals surface area contributed by atoms with E-state index in [9.17, 15) is 9.18 Å². The number of hydrogen-bond acceptors (Lipinski definition) is 8. The fraction of sp³-hybridized carbons (Fsp3) is 0.242. The summed E-state index contributed by atoms with van der Waals surface area (Å²) < 4.78 is 25.3. The highest BCUT2D eigenvalue weighted by atomic mass is 19.1. The summed E-state index contributed by atoms with van der Waals surface area (Å²) in [6.45, 7) is 3.36. The van der Waals surface area contributed by atoms with Crippen molar-refractivity contribution in [3.63, 3.8) is 0 Å². The lowest BCUT2D eigenvalue weighted by molar-refractivity contribution is -0.170. The smallest absolute Gasteiger partial charge is 0.225 e. The number of amides is 1. The third-order valence-corrected chi connectivity index (χ3v) is 7.44. The van der Waals surface area contributed by atoms with Crippen LogP contribution in [0.4, 0.5) is 10.3 Å². The van der Waals surface area contributed by atoms with Crippen molar-refractivity contribution in [1.29, 1.82) is 0 Å². The van der Waals surface area contributed by atoms with Crippen LogP contribution < -0.4 is 10.6 Å². The molecule has 0 spiro atoms. The zero-order chi connectivity index (χ0) is 30.4. The molecule has 6 rings (SSSR count). The molecule has 1 aliphatic heterocycles. The summed E-state index contributed by atoms with van der Waals surface area (Å²) in [5.41, 5.74) is 3.65. The summed E-state index contributed by atoms with van der Waals surface area (Å²) in [5.74, 6) is 0.394. The maximum absolute atomic E-state index is 13.9. The molecule has 1 atom stereocenters. The second kappa shape index (κ2) is 13.1. The molecule has 5 aromatic rings. The Labute approximate surface area is 254 Å². The SMILES string of the molecule is CC1(C(NC(=O)Cc2ccccc2)c2nc(-c3ccc(F)cc3)c(-c3ccnc(NCc4cccnc4)n3)[nH]2)COCOC1. The number of benzene rings is 2. The van der Waals surface area contributed by atoms with Crippen LogP contribution >= 0.6 is 0 Å². The summed E-state index contributed by atoms with van der Waals surface area (Å²) in [7, 11) is 0. The number of H-pyrrole nitrogens is 1. The van der Waals surface area contributed by atoms with Gasteiger partial charge in [0, 0.05) is 36.1 Å². The van der Waals surface area contributed by atoms with Crippen molar-refractivity contribution >= 4 is 11.9 Å². The van der Waals surface area contributed by atoms with Crippen molar-refractivity contribution in [2.75, 3.05) is 25.3 Å². The molecule has 0 aliphatic carbocycles. The standard InChI is InChI=1S/C33H32FN7O3/c1-33(19-43-21-44-20-33)30(39-27(42)16-22-6-3-2-4-7-22)31-40-28(24-9-11-25(34)12-10-24)29(41-31)26-13-15-36-32(38-26)37-18-23-8-5-14-35-17-23/h2-15,17,30H,16,18-21H2,1H3,(H,39,42)(H,40,41)(H,36,37,38). The zero-order valence-corrected chi connectivity index (χ0v) is 24.2. The van der Waals surface area contributed by atoms with E-state index in [0.29, 0.717) is 54.2 Å². The van der Waals surface area contributed by atoms with Crippen LogP contribution in [0.5, 0.6) is 0 Å².